The van der Waals surface area contributed by atoms with Crippen molar-refractivity contribution in [2.24, 2.45) is 0 Å². The first-order valence-electron chi connectivity index (χ1n) is 10.1. The van der Waals surface area contributed by atoms with Gasteiger partial charge < -0.3 is 5.32 Å². The minimum Gasteiger partial charge on any atom is -0.322 e. The number of anilines is 1. The number of rotatable bonds is 4. The van der Waals surface area contributed by atoms with Crippen molar-refractivity contribution < 1.29 is 18.0 Å². The maximum Gasteiger partial charge on any atom is 0.416 e. The normalized spacial score (nSPS) is 11.5. The Kier molecular flexibility index (Phi) is 5.25. The Balaban J connectivity index is 1.38. The molecule has 0 aliphatic carbocycles. The number of fused-ring (bicyclic) bond motifs is 1. The van der Waals surface area contributed by atoms with Crippen molar-refractivity contribution in [3.63, 3.8) is 0 Å². The quantitative estimate of drug-likeness (QED) is 0.402. The average molecular weight is 460 g/mol. The molecule has 10 heteroatoms. The molecule has 0 unspecified atom stereocenters. The summed E-state index contributed by atoms with van der Waals surface area (Å²) in [6, 6.07) is 18.3. The van der Waals surface area contributed by atoms with Gasteiger partial charge in [-0.1, -0.05) is 18.2 Å². The number of hydrogen-bond acceptors (Lipinski definition) is 5. The number of pyridine rings is 1. The fourth-order valence-electron chi connectivity index (χ4n) is 3.38. The largest absolute Gasteiger partial charge is 0.416 e. The number of nitrogens with zero attached hydrogens (tertiary/aromatic N) is 5. The van der Waals surface area contributed by atoms with Gasteiger partial charge in [0.05, 0.1) is 11.3 Å². The van der Waals surface area contributed by atoms with E-state index in [1.54, 1.807) is 59.4 Å². The molecule has 0 aliphatic heterocycles. The summed E-state index contributed by atoms with van der Waals surface area (Å²) in [6.07, 6.45) is -1.18. The average Bonchev–Trinajstić information content (AvgIpc) is 3.28. The summed E-state index contributed by atoms with van der Waals surface area (Å²) in [4.78, 5) is 16.5. The molecule has 1 N–H and O–H groups in total. The van der Waals surface area contributed by atoms with Crippen LogP contribution in [0.15, 0.2) is 85.2 Å². The summed E-state index contributed by atoms with van der Waals surface area (Å²) in [5.74, 6) is -0.0843. The highest BCUT2D eigenvalue weighted by molar-refractivity contribution is 6.04. The lowest BCUT2D eigenvalue weighted by atomic mass is 10.1. The Morgan fingerprint density at radius 1 is 0.882 bits per heavy atom. The number of aromatic nitrogens is 5. The molecule has 7 nitrogen and oxygen atoms in total. The summed E-state index contributed by atoms with van der Waals surface area (Å²) in [5.41, 5.74) is 2.24. The SMILES string of the molecule is O=C(Nc1ccc(-c2ccc3nnc(-c4cccnc4)n3n2)cc1)c1cccc(C(F)(F)F)c1. The molecule has 0 spiro atoms. The molecule has 0 bridgehead atoms. The highest BCUT2D eigenvalue weighted by Crippen LogP contribution is 2.30. The predicted octanol–water partition coefficient (Wildman–Crippen LogP) is 5.12. The Morgan fingerprint density at radius 3 is 2.44 bits per heavy atom. The van der Waals surface area contributed by atoms with Gasteiger partial charge in [0.2, 0.25) is 0 Å². The van der Waals surface area contributed by atoms with Gasteiger partial charge in [0.25, 0.3) is 5.91 Å². The van der Waals surface area contributed by atoms with Gasteiger partial charge in [-0.05, 0) is 54.6 Å². The summed E-state index contributed by atoms with van der Waals surface area (Å²) < 4.78 is 40.4. The molecule has 0 atom stereocenters. The zero-order valence-corrected chi connectivity index (χ0v) is 17.4. The Hall–Kier alpha value is -4.60. The van der Waals surface area contributed by atoms with E-state index in [0.29, 0.717) is 22.9 Å². The number of halogens is 3. The number of benzene rings is 2. The first kappa shape index (κ1) is 21.3. The molecule has 0 saturated carbocycles. The first-order chi connectivity index (χ1) is 16.4. The molecule has 0 fully saturated rings. The van der Waals surface area contributed by atoms with Gasteiger partial charge in [0.1, 0.15) is 0 Å². The molecule has 1 amide bonds. The Bertz CT molecular complexity index is 1480. The van der Waals surface area contributed by atoms with Crippen LogP contribution in [0.5, 0.6) is 0 Å². The Labute approximate surface area is 190 Å². The van der Waals surface area contributed by atoms with E-state index in [-0.39, 0.29) is 5.56 Å². The minimum atomic E-state index is -4.52. The fourth-order valence-corrected chi connectivity index (χ4v) is 3.38. The Morgan fingerprint density at radius 2 is 1.71 bits per heavy atom. The predicted molar refractivity (Wildman–Crippen MR) is 119 cm³/mol. The molecule has 3 aromatic heterocycles. The van der Waals surface area contributed by atoms with Gasteiger partial charge in [-0.15, -0.1) is 10.2 Å². The number of carbonyl (C=O) groups is 1. The van der Waals surface area contributed by atoms with Crippen LogP contribution in [0.2, 0.25) is 0 Å². The molecule has 5 rings (SSSR count). The lowest BCUT2D eigenvalue weighted by Gasteiger charge is -2.10. The third-order valence-electron chi connectivity index (χ3n) is 5.07. The number of hydrogen-bond donors (Lipinski definition) is 1. The van der Waals surface area contributed by atoms with E-state index in [1.807, 2.05) is 6.07 Å². The van der Waals surface area contributed by atoms with Crippen LogP contribution in [-0.4, -0.2) is 30.7 Å². The van der Waals surface area contributed by atoms with E-state index < -0.39 is 17.6 Å². The van der Waals surface area contributed by atoms with Crippen molar-refractivity contribution in [3.05, 3.63) is 96.3 Å². The van der Waals surface area contributed by atoms with Crippen molar-refractivity contribution in [1.29, 1.82) is 0 Å². The molecule has 0 saturated heterocycles. The lowest BCUT2D eigenvalue weighted by Crippen LogP contribution is -2.13. The van der Waals surface area contributed by atoms with Crippen LogP contribution in [0.3, 0.4) is 0 Å². The standard InChI is InChI=1S/C24H15F3N6O/c25-24(26,27)18-5-1-3-16(13-18)23(34)29-19-8-6-15(7-9-19)20-10-11-21-30-31-22(33(21)32-20)17-4-2-12-28-14-17/h1-14H,(H,29,34). The third-order valence-corrected chi connectivity index (χ3v) is 5.07. The zero-order chi connectivity index (χ0) is 23.7. The van der Waals surface area contributed by atoms with Crippen LogP contribution in [-0.2, 0) is 6.18 Å². The van der Waals surface area contributed by atoms with E-state index in [4.69, 9.17) is 0 Å². The molecular formula is C24H15F3N6O. The molecule has 0 radical (unpaired) electrons. The van der Waals surface area contributed by atoms with E-state index in [2.05, 4.69) is 25.6 Å². The number of amides is 1. The van der Waals surface area contributed by atoms with Crippen LogP contribution in [0.4, 0.5) is 18.9 Å². The van der Waals surface area contributed by atoms with Crippen LogP contribution in [0.25, 0.3) is 28.3 Å². The summed E-state index contributed by atoms with van der Waals surface area (Å²) in [6.45, 7) is 0. The van der Waals surface area contributed by atoms with Gasteiger partial charge in [0, 0.05) is 34.8 Å². The van der Waals surface area contributed by atoms with E-state index in [1.165, 1.54) is 12.1 Å². The number of carbonyl (C=O) groups excluding carboxylic acids is 1. The monoisotopic (exact) mass is 460 g/mol. The molecule has 3 heterocycles. The van der Waals surface area contributed by atoms with E-state index in [9.17, 15) is 18.0 Å². The van der Waals surface area contributed by atoms with Gasteiger partial charge in [0.15, 0.2) is 11.5 Å². The number of nitrogens with one attached hydrogen (secondary N) is 1. The third kappa shape index (κ3) is 4.20. The molecule has 168 valence electrons. The maximum atomic E-state index is 12.9. The zero-order valence-electron chi connectivity index (χ0n) is 17.4. The van der Waals surface area contributed by atoms with Gasteiger partial charge in [-0.2, -0.15) is 22.8 Å². The lowest BCUT2D eigenvalue weighted by molar-refractivity contribution is -0.137. The van der Waals surface area contributed by atoms with Crippen molar-refractivity contribution in [1.82, 2.24) is 24.8 Å². The van der Waals surface area contributed by atoms with Crippen LogP contribution in [0.1, 0.15) is 15.9 Å². The number of alkyl halides is 3. The van der Waals surface area contributed by atoms with E-state index in [0.717, 1.165) is 23.3 Å². The molecular weight excluding hydrogens is 445 g/mol. The second-order valence-corrected chi connectivity index (χ2v) is 7.36. The minimum absolute atomic E-state index is 0.0819. The summed E-state index contributed by atoms with van der Waals surface area (Å²) in [5, 5.41) is 15.6. The molecule has 2 aromatic carbocycles. The van der Waals surface area contributed by atoms with Crippen molar-refractivity contribution in [3.8, 4) is 22.6 Å². The first-order valence-corrected chi connectivity index (χ1v) is 10.1. The summed E-state index contributed by atoms with van der Waals surface area (Å²) in [7, 11) is 0. The van der Waals surface area contributed by atoms with Crippen molar-refractivity contribution in [2.75, 3.05) is 5.32 Å². The van der Waals surface area contributed by atoms with Crippen LogP contribution < -0.4 is 5.32 Å². The highest BCUT2D eigenvalue weighted by Gasteiger charge is 2.30. The van der Waals surface area contributed by atoms with Crippen molar-refractivity contribution in [2.45, 2.75) is 6.18 Å². The molecule has 5 aromatic rings. The maximum absolute atomic E-state index is 12.9. The van der Waals surface area contributed by atoms with Gasteiger partial charge in [-0.3, -0.25) is 9.78 Å². The fraction of sp³-hybridized carbons (Fsp3) is 0.0417. The summed E-state index contributed by atoms with van der Waals surface area (Å²) >= 11 is 0. The van der Waals surface area contributed by atoms with Crippen molar-refractivity contribution >= 4 is 17.2 Å². The van der Waals surface area contributed by atoms with Gasteiger partial charge >= 0.3 is 6.18 Å². The van der Waals surface area contributed by atoms with E-state index >= 15 is 0 Å². The molecule has 0 aliphatic rings. The highest BCUT2D eigenvalue weighted by atomic mass is 19.4. The van der Waals surface area contributed by atoms with Crippen LogP contribution >= 0.6 is 0 Å². The molecule has 34 heavy (non-hydrogen) atoms. The smallest absolute Gasteiger partial charge is 0.322 e. The topological polar surface area (TPSA) is 85.1 Å². The van der Waals surface area contributed by atoms with Gasteiger partial charge in [-0.25, -0.2) is 0 Å². The second kappa shape index (κ2) is 8.39. The van der Waals surface area contributed by atoms with Crippen LogP contribution in [0, 0.1) is 0 Å². The second-order valence-electron chi connectivity index (χ2n) is 7.36.